The lowest BCUT2D eigenvalue weighted by atomic mass is 10.0. The van der Waals surface area contributed by atoms with Gasteiger partial charge in [0.1, 0.15) is 0 Å². The van der Waals surface area contributed by atoms with Crippen molar-refractivity contribution in [3.63, 3.8) is 0 Å². The minimum atomic E-state index is -0.947. The lowest BCUT2D eigenvalue weighted by Crippen LogP contribution is -2.33. The maximum absolute atomic E-state index is 11.7. The number of likely N-dealkylation sites (N-methyl/N-ethyl adjacent to an activating group) is 1. The standard InChI is InChI=1S/C14H20N2O3/c1-10(2)11-5-4-6-12(7-11)15-13(17)8-16(3)9-14(18)19/h4-7,10H,8-9H2,1-3H3,(H,15,17)(H,18,19). The molecule has 1 aromatic rings. The molecule has 0 aromatic heterocycles. The van der Waals surface area contributed by atoms with Gasteiger partial charge in [-0.25, -0.2) is 0 Å². The molecule has 0 bridgehead atoms. The molecular formula is C14H20N2O3. The minimum absolute atomic E-state index is 0.0538. The van der Waals surface area contributed by atoms with Gasteiger partial charge in [0.15, 0.2) is 0 Å². The van der Waals surface area contributed by atoms with Gasteiger partial charge in [-0.2, -0.15) is 0 Å². The number of hydrogen-bond donors (Lipinski definition) is 2. The lowest BCUT2D eigenvalue weighted by Gasteiger charge is -2.14. The van der Waals surface area contributed by atoms with Gasteiger partial charge >= 0.3 is 5.97 Å². The van der Waals surface area contributed by atoms with Crippen LogP contribution in [0.4, 0.5) is 5.69 Å². The number of hydrogen-bond acceptors (Lipinski definition) is 3. The van der Waals surface area contributed by atoms with Gasteiger partial charge in [0.05, 0.1) is 13.1 Å². The second-order valence-corrected chi connectivity index (χ2v) is 4.89. The van der Waals surface area contributed by atoms with E-state index < -0.39 is 5.97 Å². The van der Waals surface area contributed by atoms with E-state index in [1.807, 2.05) is 24.3 Å². The van der Waals surface area contributed by atoms with E-state index in [2.05, 4.69) is 19.2 Å². The van der Waals surface area contributed by atoms with Gasteiger partial charge in [-0.1, -0.05) is 26.0 Å². The maximum atomic E-state index is 11.7. The summed E-state index contributed by atoms with van der Waals surface area (Å²) in [7, 11) is 1.60. The first kappa shape index (κ1) is 15.2. The van der Waals surface area contributed by atoms with E-state index in [4.69, 9.17) is 5.11 Å². The summed E-state index contributed by atoms with van der Waals surface area (Å²) in [6.45, 7) is 4.07. The summed E-state index contributed by atoms with van der Waals surface area (Å²) < 4.78 is 0. The van der Waals surface area contributed by atoms with Crippen LogP contribution in [0.15, 0.2) is 24.3 Å². The van der Waals surface area contributed by atoms with Crippen molar-refractivity contribution in [1.29, 1.82) is 0 Å². The highest BCUT2D eigenvalue weighted by Gasteiger charge is 2.10. The van der Waals surface area contributed by atoms with E-state index in [9.17, 15) is 9.59 Å². The summed E-state index contributed by atoms with van der Waals surface area (Å²) in [5, 5.41) is 11.4. The van der Waals surface area contributed by atoms with Crippen molar-refractivity contribution >= 4 is 17.6 Å². The monoisotopic (exact) mass is 264 g/mol. The van der Waals surface area contributed by atoms with Crippen molar-refractivity contribution in [1.82, 2.24) is 4.90 Å². The van der Waals surface area contributed by atoms with Crippen LogP contribution in [0.5, 0.6) is 0 Å². The van der Waals surface area contributed by atoms with Gasteiger partial charge in [-0.3, -0.25) is 14.5 Å². The van der Waals surface area contributed by atoms with Crippen LogP contribution in [0.25, 0.3) is 0 Å². The van der Waals surface area contributed by atoms with Gasteiger partial charge in [-0.05, 0) is 30.7 Å². The fraction of sp³-hybridized carbons (Fsp3) is 0.429. The van der Waals surface area contributed by atoms with Crippen LogP contribution in [0.3, 0.4) is 0 Å². The smallest absolute Gasteiger partial charge is 0.317 e. The number of aliphatic carboxylic acids is 1. The van der Waals surface area contributed by atoms with Gasteiger partial charge in [0.25, 0.3) is 0 Å². The molecule has 0 fully saturated rings. The van der Waals surface area contributed by atoms with Crippen LogP contribution in [0.2, 0.25) is 0 Å². The average molecular weight is 264 g/mol. The van der Waals surface area contributed by atoms with Crippen molar-refractivity contribution in [3.05, 3.63) is 29.8 Å². The molecule has 1 amide bonds. The van der Waals surface area contributed by atoms with Gasteiger partial charge in [0, 0.05) is 5.69 Å². The molecule has 5 nitrogen and oxygen atoms in total. The molecule has 0 heterocycles. The Morgan fingerprint density at radius 1 is 1.32 bits per heavy atom. The zero-order valence-corrected chi connectivity index (χ0v) is 11.5. The number of rotatable bonds is 6. The van der Waals surface area contributed by atoms with E-state index in [1.54, 1.807) is 7.05 Å². The molecule has 0 unspecified atom stereocenters. The molecule has 0 saturated carbocycles. The molecule has 5 heteroatoms. The van der Waals surface area contributed by atoms with Crippen molar-refractivity contribution in [2.24, 2.45) is 0 Å². The summed E-state index contributed by atoms with van der Waals surface area (Å²) in [5.41, 5.74) is 1.89. The number of carbonyl (C=O) groups excluding carboxylic acids is 1. The molecule has 0 aliphatic rings. The second-order valence-electron chi connectivity index (χ2n) is 4.89. The predicted octanol–water partition coefficient (Wildman–Crippen LogP) is 1.76. The molecule has 0 aliphatic carbocycles. The highest BCUT2D eigenvalue weighted by molar-refractivity contribution is 5.92. The fourth-order valence-electron chi connectivity index (χ4n) is 1.71. The molecule has 0 aliphatic heterocycles. The molecule has 19 heavy (non-hydrogen) atoms. The van der Waals surface area contributed by atoms with E-state index in [0.29, 0.717) is 5.92 Å². The first-order valence-electron chi connectivity index (χ1n) is 6.18. The molecule has 2 N–H and O–H groups in total. The Morgan fingerprint density at radius 3 is 2.58 bits per heavy atom. The molecular weight excluding hydrogens is 244 g/mol. The van der Waals surface area contributed by atoms with Crippen LogP contribution >= 0.6 is 0 Å². The third-order valence-electron chi connectivity index (χ3n) is 2.66. The summed E-state index contributed by atoms with van der Waals surface area (Å²) in [4.78, 5) is 23.7. The van der Waals surface area contributed by atoms with Crippen molar-refractivity contribution in [2.75, 3.05) is 25.5 Å². The third-order valence-corrected chi connectivity index (χ3v) is 2.66. The Morgan fingerprint density at radius 2 is 2.00 bits per heavy atom. The predicted molar refractivity (Wildman–Crippen MR) is 74.3 cm³/mol. The lowest BCUT2D eigenvalue weighted by molar-refractivity contribution is -0.138. The molecule has 0 radical (unpaired) electrons. The van der Waals surface area contributed by atoms with E-state index >= 15 is 0 Å². The first-order chi connectivity index (χ1) is 8.88. The molecule has 104 valence electrons. The van der Waals surface area contributed by atoms with Crippen molar-refractivity contribution in [3.8, 4) is 0 Å². The number of nitrogens with zero attached hydrogens (tertiary/aromatic N) is 1. The summed E-state index contributed by atoms with van der Waals surface area (Å²) >= 11 is 0. The number of anilines is 1. The minimum Gasteiger partial charge on any atom is -0.480 e. The largest absolute Gasteiger partial charge is 0.480 e. The number of benzene rings is 1. The Labute approximate surface area is 113 Å². The summed E-state index contributed by atoms with van der Waals surface area (Å²) in [5.74, 6) is -0.770. The van der Waals surface area contributed by atoms with Crippen LogP contribution in [0.1, 0.15) is 25.3 Å². The first-order valence-corrected chi connectivity index (χ1v) is 6.18. The highest BCUT2D eigenvalue weighted by Crippen LogP contribution is 2.18. The number of amides is 1. The van der Waals surface area contributed by atoms with Crippen LogP contribution in [0, 0.1) is 0 Å². The maximum Gasteiger partial charge on any atom is 0.317 e. The third kappa shape index (κ3) is 5.52. The SMILES string of the molecule is CC(C)c1cccc(NC(=O)CN(C)CC(=O)O)c1. The normalized spacial score (nSPS) is 10.8. The molecule has 1 rings (SSSR count). The molecule has 0 saturated heterocycles. The Balaban J connectivity index is 2.57. The fourth-order valence-corrected chi connectivity index (χ4v) is 1.71. The number of carboxylic acid groups (broad SMARTS) is 1. The van der Waals surface area contributed by atoms with E-state index in [1.165, 1.54) is 4.90 Å². The Kier molecular flexibility index (Phi) is 5.51. The van der Waals surface area contributed by atoms with Crippen LogP contribution in [-0.4, -0.2) is 42.0 Å². The van der Waals surface area contributed by atoms with Crippen LogP contribution < -0.4 is 5.32 Å². The topological polar surface area (TPSA) is 69.6 Å². The Bertz CT molecular complexity index is 458. The highest BCUT2D eigenvalue weighted by atomic mass is 16.4. The quantitative estimate of drug-likeness (QED) is 0.821. The van der Waals surface area contributed by atoms with Crippen LogP contribution in [-0.2, 0) is 9.59 Å². The number of nitrogens with one attached hydrogen (secondary N) is 1. The molecule has 0 atom stereocenters. The van der Waals surface area contributed by atoms with Crippen molar-refractivity contribution in [2.45, 2.75) is 19.8 Å². The van der Waals surface area contributed by atoms with Crippen molar-refractivity contribution < 1.29 is 14.7 Å². The molecule has 1 aromatic carbocycles. The second kappa shape index (κ2) is 6.89. The zero-order valence-electron chi connectivity index (χ0n) is 11.5. The van der Waals surface area contributed by atoms with E-state index in [0.717, 1.165) is 11.3 Å². The summed E-state index contributed by atoms with van der Waals surface area (Å²) in [6, 6.07) is 7.66. The average Bonchev–Trinajstić information content (AvgIpc) is 2.27. The number of carboxylic acids is 1. The van der Waals surface area contributed by atoms with E-state index in [-0.39, 0.29) is 19.0 Å². The molecule has 0 spiro atoms. The number of carbonyl (C=O) groups is 2. The Hall–Kier alpha value is -1.88. The van der Waals surface area contributed by atoms with Gasteiger partial charge in [0.2, 0.25) is 5.91 Å². The van der Waals surface area contributed by atoms with Gasteiger partial charge in [-0.15, -0.1) is 0 Å². The van der Waals surface area contributed by atoms with Gasteiger partial charge < -0.3 is 10.4 Å². The zero-order chi connectivity index (χ0) is 14.4. The summed E-state index contributed by atoms with van der Waals surface area (Å²) in [6.07, 6.45) is 0.